The van der Waals surface area contributed by atoms with E-state index in [9.17, 15) is 4.79 Å². The first-order valence-electron chi connectivity index (χ1n) is 8.99. The predicted octanol–water partition coefficient (Wildman–Crippen LogP) is 3.87. The number of likely N-dealkylation sites (tertiary alicyclic amines) is 1. The first-order chi connectivity index (χ1) is 12.9. The van der Waals surface area contributed by atoms with Crippen LogP contribution in [0.1, 0.15) is 45.6 Å². The van der Waals surface area contributed by atoms with Crippen LogP contribution in [0.2, 0.25) is 5.15 Å². The van der Waals surface area contributed by atoms with Gasteiger partial charge in [0.2, 0.25) is 5.82 Å². The first kappa shape index (κ1) is 19.6. The molecular formula is C18H23ClN4O4. The second-order valence-electron chi connectivity index (χ2n) is 6.72. The van der Waals surface area contributed by atoms with Crippen LogP contribution in [0.4, 0.5) is 4.79 Å². The fourth-order valence-corrected chi connectivity index (χ4v) is 2.93. The van der Waals surface area contributed by atoms with Gasteiger partial charge in [-0.2, -0.15) is 4.98 Å². The zero-order valence-corrected chi connectivity index (χ0v) is 16.3. The zero-order valence-electron chi connectivity index (χ0n) is 15.6. The van der Waals surface area contributed by atoms with E-state index in [-0.39, 0.29) is 24.4 Å². The Kier molecular flexibility index (Phi) is 6.28. The van der Waals surface area contributed by atoms with E-state index >= 15 is 0 Å². The molecule has 0 N–H and O–H groups in total. The number of rotatable bonds is 5. The van der Waals surface area contributed by atoms with Gasteiger partial charge in [0.15, 0.2) is 0 Å². The van der Waals surface area contributed by atoms with Gasteiger partial charge in [0.25, 0.3) is 5.89 Å². The average Bonchev–Trinajstić information content (AvgIpc) is 3.12. The molecule has 27 heavy (non-hydrogen) atoms. The standard InChI is InChI=1S/C18H23ClN4O4/c1-11(2)25-18(24)23-8-6-14(7-9-23)26-12(3)17-21-16(22-27-17)13-4-5-15(19)20-10-13/h4-5,10-12,14H,6-9H2,1-3H3. The van der Waals surface area contributed by atoms with Crippen molar-refractivity contribution in [2.24, 2.45) is 0 Å². The lowest BCUT2D eigenvalue weighted by molar-refractivity contribution is -0.0475. The van der Waals surface area contributed by atoms with Crippen LogP contribution in [0, 0.1) is 0 Å². The summed E-state index contributed by atoms with van der Waals surface area (Å²) in [6.45, 7) is 6.77. The van der Waals surface area contributed by atoms with E-state index in [1.165, 1.54) is 0 Å². The van der Waals surface area contributed by atoms with Crippen molar-refractivity contribution in [1.82, 2.24) is 20.0 Å². The van der Waals surface area contributed by atoms with Crippen molar-refractivity contribution in [3.8, 4) is 11.4 Å². The van der Waals surface area contributed by atoms with E-state index in [1.807, 2.05) is 20.8 Å². The van der Waals surface area contributed by atoms with E-state index < -0.39 is 0 Å². The predicted molar refractivity (Wildman–Crippen MR) is 98.3 cm³/mol. The molecule has 3 heterocycles. The van der Waals surface area contributed by atoms with E-state index in [1.54, 1.807) is 23.2 Å². The smallest absolute Gasteiger partial charge is 0.410 e. The minimum Gasteiger partial charge on any atom is -0.447 e. The molecule has 0 saturated carbocycles. The second kappa shape index (κ2) is 8.67. The molecular weight excluding hydrogens is 372 g/mol. The first-order valence-corrected chi connectivity index (χ1v) is 9.36. The Morgan fingerprint density at radius 1 is 1.30 bits per heavy atom. The molecule has 9 heteroatoms. The number of carbonyl (C=O) groups excluding carboxylic acids is 1. The molecule has 1 unspecified atom stereocenters. The van der Waals surface area contributed by atoms with Gasteiger partial charge in [-0.3, -0.25) is 0 Å². The van der Waals surface area contributed by atoms with Crippen LogP contribution in [0.15, 0.2) is 22.9 Å². The Bertz CT molecular complexity index is 757. The summed E-state index contributed by atoms with van der Waals surface area (Å²) in [7, 11) is 0. The average molecular weight is 395 g/mol. The number of nitrogens with zero attached hydrogens (tertiary/aromatic N) is 4. The van der Waals surface area contributed by atoms with Crippen molar-refractivity contribution in [3.05, 3.63) is 29.4 Å². The lowest BCUT2D eigenvalue weighted by Crippen LogP contribution is -2.42. The number of hydrogen-bond acceptors (Lipinski definition) is 7. The fourth-order valence-electron chi connectivity index (χ4n) is 2.82. The number of pyridine rings is 1. The molecule has 0 spiro atoms. The van der Waals surface area contributed by atoms with Crippen LogP contribution in [-0.4, -0.2) is 51.4 Å². The van der Waals surface area contributed by atoms with Crippen LogP contribution in [0.25, 0.3) is 11.4 Å². The Labute approximate surface area is 162 Å². The minimum absolute atomic E-state index is 0.0237. The second-order valence-corrected chi connectivity index (χ2v) is 7.11. The van der Waals surface area contributed by atoms with E-state index in [4.69, 9.17) is 25.6 Å². The molecule has 1 amide bonds. The molecule has 1 fully saturated rings. The summed E-state index contributed by atoms with van der Waals surface area (Å²) in [5.41, 5.74) is 0.721. The van der Waals surface area contributed by atoms with Crippen molar-refractivity contribution in [2.45, 2.75) is 51.9 Å². The van der Waals surface area contributed by atoms with Crippen LogP contribution in [0.5, 0.6) is 0 Å². The van der Waals surface area contributed by atoms with Gasteiger partial charge in [-0.15, -0.1) is 0 Å². The van der Waals surface area contributed by atoms with Crippen molar-refractivity contribution in [3.63, 3.8) is 0 Å². The molecule has 1 aliphatic rings. The maximum atomic E-state index is 11.9. The molecule has 1 atom stereocenters. The van der Waals surface area contributed by atoms with Crippen LogP contribution < -0.4 is 0 Å². The van der Waals surface area contributed by atoms with Gasteiger partial charge in [0.1, 0.15) is 11.3 Å². The number of carbonyl (C=O) groups is 1. The molecule has 0 bridgehead atoms. The summed E-state index contributed by atoms with van der Waals surface area (Å²) in [5.74, 6) is 0.845. The maximum Gasteiger partial charge on any atom is 0.410 e. The number of amides is 1. The zero-order chi connectivity index (χ0) is 19.4. The molecule has 1 saturated heterocycles. The van der Waals surface area contributed by atoms with Gasteiger partial charge in [-0.05, 0) is 45.7 Å². The Morgan fingerprint density at radius 2 is 2.04 bits per heavy atom. The van der Waals surface area contributed by atoms with Crippen molar-refractivity contribution >= 4 is 17.7 Å². The Balaban J connectivity index is 1.52. The highest BCUT2D eigenvalue weighted by molar-refractivity contribution is 6.29. The molecule has 2 aromatic rings. The van der Waals surface area contributed by atoms with Gasteiger partial charge >= 0.3 is 6.09 Å². The molecule has 1 aliphatic heterocycles. The molecule has 146 valence electrons. The van der Waals surface area contributed by atoms with E-state index in [2.05, 4.69) is 15.1 Å². The monoisotopic (exact) mass is 394 g/mol. The largest absolute Gasteiger partial charge is 0.447 e. The molecule has 2 aromatic heterocycles. The molecule has 8 nitrogen and oxygen atoms in total. The highest BCUT2D eigenvalue weighted by Crippen LogP contribution is 2.25. The molecule has 3 rings (SSSR count). The molecule has 0 aliphatic carbocycles. The van der Waals surface area contributed by atoms with Crippen LogP contribution >= 0.6 is 11.6 Å². The Morgan fingerprint density at radius 3 is 2.67 bits per heavy atom. The molecule has 0 radical (unpaired) electrons. The van der Waals surface area contributed by atoms with Gasteiger partial charge in [0.05, 0.1) is 12.2 Å². The third kappa shape index (κ3) is 5.17. The minimum atomic E-state index is -0.342. The van der Waals surface area contributed by atoms with Gasteiger partial charge in [-0.25, -0.2) is 9.78 Å². The fraction of sp³-hybridized carbons (Fsp3) is 0.556. The summed E-state index contributed by atoms with van der Waals surface area (Å²) >= 11 is 5.79. The third-order valence-electron chi connectivity index (χ3n) is 4.21. The van der Waals surface area contributed by atoms with Crippen molar-refractivity contribution in [2.75, 3.05) is 13.1 Å². The summed E-state index contributed by atoms with van der Waals surface area (Å²) < 4.78 is 16.6. The highest BCUT2D eigenvalue weighted by atomic mass is 35.5. The third-order valence-corrected chi connectivity index (χ3v) is 4.43. The summed E-state index contributed by atoms with van der Waals surface area (Å²) in [6.07, 6.45) is 2.36. The molecule has 0 aromatic carbocycles. The normalized spacial score (nSPS) is 16.6. The number of halogens is 1. The van der Waals surface area contributed by atoms with Gasteiger partial charge in [0, 0.05) is 24.8 Å². The summed E-state index contributed by atoms with van der Waals surface area (Å²) in [4.78, 5) is 22.0. The maximum absolute atomic E-state index is 11.9. The number of piperidine rings is 1. The Hall–Kier alpha value is -2.19. The SMILES string of the molecule is CC(C)OC(=O)N1CCC(OC(C)c2nc(-c3ccc(Cl)nc3)no2)CC1. The van der Waals surface area contributed by atoms with Crippen molar-refractivity contribution in [1.29, 1.82) is 0 Å². The topological polar surface area (TPSA) is 90.6 Å². The summed E-state index contributed by atoms with van der Waals surface area (Å²) in [5, 5.41) is 4.38. The van der Waals surface area contributed by atoms with Crippen molar-refractivity contribution < 1.29 is 18.8 Å². The van der Waals surface area contributed by atoms with Gasteiger partial charge in [-0.1, -0.05) is 16.8 Å². The van der Waals surface area contributed by atoms with Crippen LogP contribution in [-0.2, 0) is 9.47 Å². The lowest BCUT2D eigenvalue weighted by atomic mass is 10.1. The quantitative estimate of drug-likeness (QED) is 0.711. The van der Waals surface area contributed by atoms with E-state index in [0.29, 0.717) is 30.0 Å². The highest BCUT2D eigenvalue weighted by Gasteiger charge is 2.27. The van der Waals surface area contributed by atoms with Crippen LogP contribution in [0.3, 0.4) is 0 Å². The van der Waals surface area contributed by atoms with E-state index in [0.717, 1.165) is 18.4 Å². The van der Waals surface area contributed by atoms with Gasteiger partial charge < -0.3 is 18.9 Å². The number of ether oxygens (including phenoxy) is 2. The number of hydrogen-bond donors (Lipinski definition) is 0. The number of aromatic nitrogens is 3. The summed E-state index contributed by atoms with van der Waals surface area (Å²) in [6, 6.07) is 3.45. The lowest BCUT2D eigenvalue weighted by Gasteiger charge is -2.32.